The Bertz CT molecular complexity index is 419. The third-order valence-corrected chi connectivity index (χ3v) is 3.86. The second kappa shape index (κ2) is 6.34. The SMILES string of the molecule is CCN1CCC(N(C)c2nc(Cl)nc(NC)n2)CC1. The molecule has 106 valence electrons. The molecule has 0 spiro atoms. The first-order chi connectivity index (χ1) is 9.13. The maximum absolute atomic E-state index is 5.92. The van der Waals surface area contributed by atoms with E-state index in [4.69, 9.17) is 11.6 Å². The predicted octanol–water partition coefficient (Wildman–Crippen LogP) is 1.49. The lowest BCUT2D eigenvalue weighted by Gasteiger charge is -2.36. The Labute approximate surface area is 119 Å². The summed E-state index contributed by atoms with van der Waals surface area (Å²) >= 11 is 5.92. The van der Waals surface area contributed by atoms with Gasteiger partial charge in [-0.3, -0.25) is 0 Å². The Balaban J connectivity index is 2.07. The highest BCUT2D eigenvalue weighted by atomic mass is 35.5. The van der Waals surface area contributed by atoms with Gasteiger partial charge in [0.25, 0.3) is 0 Å². The van der Waals surface area contributed by atoms with Crippen LogP contribution in [0.2, 0.25) is 5.28 Å². The summed E-state index contributed by atoms with van der Waals surface area (Å²) in [6.07, 6.45) is 2.26. The number of nitrogens with one attached hydrogen (secondary N) is 1. The monoisotopic (exact) mass is 284 g/mol. The van der Waals surface area contributed by atoms with E-state index in [1.54, 1.807) is 7.05 Å². The zero-order valence-electron chi connectivity index (χ0n) is 11.7. The predicted molar refractivity (Wildman–Crippen MR) is 77.9 cm³/mol. The van der Waals surface area contributed by atoms with Crippen molar-refractivity contribution in [1.29, 1.82) is 0 Å². The Kier molecular flexibility index (Phi) is 4.76. The van der Waals surface area contributed by atoms with Gasteiger partial charge in [-0.05, 0) is 31.0 Å². The Morgan fingerprint density at radius 2 is 2.00 bits per heavy atom. The van der Waals surface area contributed by atoms with Gasteiger partial charge in [0.1, 0.15) is 0 Å². The summed E-state index contributed by atoms with van der Waals surface area (Å²) in [4.78, 5) is 17.1. The van der Waals surface area contributed by atoms with Crippen molar-refractivity contribution in [2.24, 2.45) is 0 Å². The van der Waals surface area contributed by atoms with Crippen molar-refractivity contribution in [3.05, 3.63) is 5.28 Å². The molecule has 1 aliphatic heterocycles. The number of anilines is 2. The van der Waals surface area contributed by atoms with Gasteiger partial charge in [0.15, 0.2) is 0 Å². The molecule has 0 radical (unpaired) electrons. The average Bonchev–Trinajstić information content (AvgIpc) is 2.46. The fourth-order valence-electron chi connectivity index (χ4n) is 2.40. The molecule has 0 saturated carbocycles. The molecular formula is C12H21ClN6. The Morgan fingerprint density at radius 3 is 2.58 bits per heavy atom. The van der Waals surface area contributed by atoms with Gasteiger partial charge >= 0.3 is 0 Å². The largest absolute Gasteiger partial charge is 0.357 e. The molecule has 0 amide bonds. The molecule has 19 heavy (non-hydrogen) atoms. The van der Waals surface area contributed by atoms with E-state index < -0.39 is 0 Å². The van der Waals surface area contributed by atoms with Crippen molar-refractivity contribution in [3.63, 3.8) is 0 Å². The van der Waals surface area contributed by atoms with Crippen LogP contribution in [0.1, 0.15) is 19.8 Å². The van der Waals surface area contributed by atoms with Crippen molar-refractivity contribution < 1.29 is 0 Å². The summed E-state index contributed by atoms with van der Waals surface area (Å²) in [6, 6.07) is 0.464. The normalized spacial score (nSPS) is 17.5. The molecule has 1 N–H and O–H groups in total. The first-order valence-electron chi connectivity index (χ1n) is 6.68. The highest BCUT2D eigenvalue weighted by molar-refractivity contribution is 6.28. The molecule has 1 aromatic heterocycles. The number of likely N-dealkylation sites (tertiary alicyclic amines) is 1. The van der Waals surface area contributed by atoms with Crippen LogP contribution in [0.5, 0.6) is 0 Å². The van der Waals surface area contributed by atoms with E-state index in [-0.39, 0.29) is 5.28 Å². The molecule has 6 nitrogen and oxygen atoms in total. The van der Waals surface area contributed by atoms with E-state index in [2.05, 4.69) is 37.0 Å². The van der Waals surface area contributed by atoms with Crippen LogP contribution < -0.4 is 10.2 Å². The number of aromatic nitrogens is 3. The number of nitrogens with zero attached hydrogens (tertiary/aromatic N) is 5. The van der Waals surface area contributed by atoms with Crippen molar-refractivity contribution >= 4 is 23.5 Å². The maximum Gasteiger partial charge on any atom is 0.231 e. The van der Waals surface area contributed by atoms with Crippen molar-refractivity contribution in [2.45, 2.75) is 25.8 Å². The van der Waals surface area contributed by atoms with Crippen LogP contribution in [0.25, 0.3) is 0 Å². The highest BCUT2D eigenvalue weighted by Crippen LogP contribution is 2.20. The maximum atomic E-state index is 5.92. The third kappa shape index (κ3) is 3.45. The van der Waals surface area contributed by atoms with E-state index in [0.29, 0.717) is 17.9 Å². The fourth-order valence-corrected chi connectivity index (χ4v) is 2.55. The van der Waals surface area contributed by atoms with Crippen LogP contribution in [0.4, 0.5) is 11.9 Å². The van der Waals surface area contributed by atoms with E-state index >= 15 is 0 Å². The summed E-state index contributed by atoms with van der Waals surface area (Å²) in [6.45, 7) is 5.58. The summed E-state index contributed by atoms with van der Waals surface area (Å²) in [7, 11) is 3.80. The number of hydrogen-bond acceptors (Lipinski definition) is 6. The van der Waals surface area contributed by atoms with Gasteiger partial charge in [-0.2, -0.15) is 15.0 Å². The fraction of sp³-hybridized carbons (Fsp3) is 0.750. The van der Waals surface area contributed by atoms with Crippen LogP contribution in [0.3, 0.4) is 0 Å². The molecule has 1 aliphatic rings. The highest BCUT2D eigenvalue weighted by Gasteiger charge is 2.23. The lowest BCUT2D eigenvalue weighted by molar-refractivity contribution is 0.220. The van der Waals surface area contributed by atoms with E-state index in [1.807, 2.05) is 7.05 Å². The molecule has 7 heteroatoms. The second-order valence-electron chi connectivity index (χ2n) is 4.75. The molecule has 0 aromatic carbocycles. The molecule has 1 aromatic rings. The smallest absolute Gasteiger partial charge is 0.231 e. The van der Waals surface area contributed by atoms with Gasteiger partial charge < -0.3 is 15.1 Å². The zero-order chi connectivity index (χ0) is 13.8. The summed E-state index contributed by atoms with van der Waals surface area (Å²) in [5.74, 6) is 1.15. The van der Waals surface area contributed by atoms with Gasteiger partial charge in [-0.15, -0.1) is 0 Å². The van der Waals surface area contributed by atoms with E-state index in [0.717, 1.165) is 32.5 Å². The third-order valence-electron chi connectivity index (χ3n) is 3.69. The Hall–Kier alpha value is -1.14. The molecule has 0 bridgehead atoms. The first kappa shape index (κ1) is 14.3. The van der Waals surface area contributed by atoms with Gasteiger partial charge in [-0.1, -0.05) is 6.92 Å². The average molecular weight is 285 g/mol. The van der Waals surface area contributed by atoms with Crippen LogP contribution in [-0.2, 0) is 0 Å². The molecule has 1 saturated heterocycles. The molecule has 1 fully saturated rings. The zero-order valence-corrected chi connectivity index (χ0v) is 12.5. The van der Waals surface area contributed by atoms with E-state index in [9.17, 15) is 0 Å². The van der Waals surface area contributed by atoms with Gasteiger partial charge in [0.2, 0.25) is 17.2 Å². The minimum absolute atomic E-state index is 0.229. The van der Waals surface area contributed by atoms with Gasteiger partial charge in [0.05, 0.1) is 0 Å². The van der Waals surface area contributed by atoms with Crippen molar-refractivity contribution in [1.82, 2.24) is 19.9 Å². The molecule has 0 unspecified atom stereocenters. The topological polar surface area (TPSA) is 57.2 Å². The lowest BCUT2D eigenvalue weighted by atomic mass is 10.0. The molecular weight excluding hydrogens is 264 g/mol. The second-order valence-corrected chi connectivity index (χ2v) is 5.09. The summed E-state index contributed by atoms with van der Waals surface area (Å²) in [5, 5.41) is 3.13. The molecule has 2 heterocycles. The standard InChI is InChI=1S/C12H21ClN6/c1-4-19-7-5-9(6-8-19)18(3)12-16-10(13)15-11(14-2)17-12/h9H,4-8H2,1-3H3,(H,14,15,16,17). The van der Waals surface area contributed by atoms with Crippen LogP contribution in [0.15, 0.2) is 0 Å². The lowest BCUT2D eigenvalue weighted by Crippen LogP contribution is -2.43. The number of halogens is 1. The number of rotatable bonds is 4. The van der Waals surface area contributed by atoms with Crippen molar-refractivity contribution in [2.75, 3.05) is 43.9 Å². The molecule has 0 aliphatic carbocycles. The first-order valence-corrected chi connectivity index (χ1v) is 7.06. The van der Waals surface area contributed by atoms with Crippen LogP contribution in [-0.4, -0.2) is 59.6 Å². The minimum atomic E-state index is 0.229. The van der Waals surface area contributed by atoms with Gasteiger partial charge in [0, 0.05) is 33.2 Å². The molecule has 2 rings (SSSR count). The molecule has 0 atom stereocenters. The number of piperidine rings is 1. The quantitative estimate of drug-likeness (QED) is 0.904. The summed E-state index contributed by atoms with van der Waals surface area (Å²) < 4.78 is 0. The van der Waals surface area contributed by atoms with Gasteiger partial charge in [-0.25, -0.2) is 0 Å². The van der Waals surface area contributed by atoms with Crippen LogP contribution in [0, 0.1) is 0 Å². The summed E-state index contributed by atoms with van der Waals surface area (Å²) in [5.41, 5.74) is 0. The van der Waals surface area contributed by atoms with Crippen LogP contribution >= 0.6 is 11.6 Å². The van der Waals surface area contributed by atoms with E-state index in [1.165, 1.54) is 0 Å². The van der Waals surface area contributed by atoms with Crippen molar-refractivity contribution in [3.8, 4) is 0 Å². The Morgan fingerprint density at radius 1 is 1.32 bits per heavy atom. The number of hydrogen-bond donors (Lipinski definition) is 1. The minimum Gasteiger partial charge on any atom is -0.357 e.